The first-order valence-electron chi connectivity index (χ1n) is 9.33. The lowest BCUT2D eigenvalue weighted by Crippen LogP contribution is -2.55. The van der Waals surface area contributed by atoms with E-state index in [0.29, 0.717) is 11.4 Å². The van der Waals surface area contributed by atoms with Crippen LogP contribution < -0.4 is 4.74 Å². The third-order valence-corrected chi connectivity index (χ3v) is 5.86. The molecule has 0 bridgehead atoms. The monoisotopic (exact) mass is 335 g/mol. The van der Waals surface area contributed by atoms with Crippen molar-refractivity contribution in [2.75, 3.05) is 25.6 Å². The lowest BCUT2D eigenvalue weighted by atomic mass is 9.72. The van der Waals surface area contributed by atoms with Crippen LogP contribution in [-0.2, 0) is 12.8 Å². The van der Waals surface area contributed by atoms with Crippen molar-refractivity contribution in [1.82, 2.24) is 4.90 Å². The number of hydrogen-bond donors (Lipinski definition) is 0. The maximum Gasteiger partial charge on any atom is 0.119 e. The molecule has 0 radical (unpaired) electrons. The summed E-state index contributed by atoms with van der Waals surface area (Å²) in [5.41, 5.74) is 3.48. The molecule has 1 fully saturated rings. The summed E-state index contributed by atoms with van der Waals surface area (Å²) in [6.07, 6.45) is 10.1. The van der Waals surface area contributed by atoms with Crippen LogP contribution in [0.3, 0.4) is 0 Å². The van der Waals surface area contributed by atoms with E-state index in [1.54, 1.807) is 5.56 Å². The molecule has 1 unspecified atom stereocenters. The van der Waals surface area contributed by atoms with Gasteiger partial charge in [0.1, 0.15) is 5.75 Å². The number of likely N-dealkylation sites (tertiary alicyclic amines) is 1. The minimum absolute atomic E-state index is 0.433. The van der Waals surface area contributed by atoms with Gasteiger partial charge in [0.2, 0.25) is 0 Å². The Morgan fingerprint density at radius 3 is 2.96 bits per heavy atom. The third-order valence-electron chi connectivity index (χ3n) is 5.59. The number of ether oxygens (including phenoxy) is 1. The van der Waals surface area contributed by atoms with Gasteiger partial charge < -0.3 is 4.74 Å². The summed E-state index contributed by atoms with van der Waals surface area (Å²) in [7, 11) is 0. The van der Waals surface area contributed by atoms with Crippen LogP contribution in [0.5, 0.6) is 5.75 Å². The molecular formula is C20H30ClNO. The molecule has 2 aliphatic rings. The number of piperidine rings is 1. The van der Waals surface area contributed by atoms with E-state index < -0.39 is 0 Å². The van der Waals surface area contributed by atoms with Gasteiger partial charge in [-0.2, -0.15) is 0 Å². The fourth-order valence-electron chi connectivity index (χ4n) is 4.41. The highest BCUT2D eigenvalue weighted by molar-refractivity contribution is 6.17. The maximum absolute atomic E-state index is 5.81. The number of aryl methyl sites for hydroxylation is 1. The number of alkyl halides is 1. The van der Waals surface area contributed by atoms with Crippen LogP contribution in [0.15, 0.2) is 18.2 Å². The van der Waals surface area contributed by atoms with Gasteiger partial charge in [-0.05, 0) is 81.3 Å². The van der Waals surface area contributed by atoms with Crippen LogP contribution >= 0.6 is 11.6 Å². The van der Waals surface area contributed by atoms with Gasteiger partial charge in [0.25, 0.3) is 0 Å². The molecule has 0 amide bonds. The Labute approximate surface area is 146 Å². The van der Waals surface area contributed by atoms with Crippen molar-refractivity contribution in [1.29, 1.82) is 0 Å². The van der Waals surface area contributed by atoms with Crippen molar-refractivity contribution < 1.29 is 4.74 Å². The lowest BCUT2D eigenvalue weighted by molar-refractivity contribution is 0.0340. The second-order valence-electron chi connectivity index (χ2n) is 7.17. The largest absolute Gasteiger partial charge is 0.494 e. The highest BCUT2D eigenvalue weighted by Crippen LogP contribution is 2.40. The normalized spacial score (nSPS) is 24.6. The van der Waals surface area contributed by atoms with Gasteiger partial charge in [-0.3, -0.25) is 4.90 Å². The van der Waals surface area contributed by atoms with E-state index in [1.165, 1.54) is 63.6 Å². The Balaban J connectivity index is 1.72. The fourth-order valence-corrected chi connectivity index (χ4v) is 4.52. The van der Waals surface area contributed by atoms with Crippen molar-refractivity contribution in [3.8, 4) is 5.75 Å². The van der Waals surface area contributed by atoms with Gasteiger partial charge in [0, 0.05) is 11.4 Å². The Morgan fingerprint density at radius 2 is 2.13 bits per heavy atom. The number of rotatable bonds is 6. The first-order valence-corrected chi connectivity index (χ1v) is 9.86. The fraction of sp³-hybridized carbons (Fsp3) is 0.700. The minimum atomic E-state index is 0.433. The molecule has 0 saturated carbocycles. The van der Waals surface area contributed by atoms with Crippen molar-refractivity contribution >= 4 is 11.6 Å². The Morgan fingerprint density at radius 1 is 1.22 bits per heavy atom. The minimum Gasteiger partial charge on any atom is -0.494 e. The van der Waals surface area contributed by atoms with Crippen molar-refractivity contribution in [2.24, 2.45) is 0 Å². The predicted molar refractivity (Wildman–Crippen MR) is 97.7 cm³/mol. The number of fused-ring (bicyclic) bond motifs is 1. The molecule has 0 N–H and O–H groups in total. The third kappa shape index (κ3) is 3.85. The Hall–Kier alpha value is -0.730. The number of hydrogen-bond acceptors (Lipinski definition) is 2. The second kappa shape index (κ2) is 7.90. The van der Waals surface area contributed by atoms with Gasteiger partial charge in [0.15, 0.2) is 0 Å². The Kier molecular flexibility index (Phi) is 5.87. The summed E-state index contributed by atoms with van der Waals surface area (Å²) in [5, 5.41) is 0. The predicted octanol–water partition coefficient (Wildman–Crippen LogP) is 4.82. The zero-order valence-corrected chi connectivity index (χ0v) is 15.2. The van der Waals surface area contributed by atoms with Crippen molar-refractivity contribution in [3.63, 3.8) is 0 Å². The molecule has 23 heavy (non-hydrogen) atoms. The molecule has 0 aromatic heterocycles. The first kappa shape index (κ1) is 17.1. The molecule has 1 aliphatic carbocycles. The molecule has 1 atom stereocenters. The molecule has 1 aromatic rings. The average Bonchev–Trinajstić information content (AvgIpc) is 2.58. The SMILES string of the molecule is CCCN1CCCCC12CCc1cc(OCCCCl)ccc1C2. The van der Waals surface area contributed by atoms with E-state index >= 15 is 0 Å². The summed E-state index contributed by atoms with van der Waals surface area (Å²) < 4.78 is 5.81. The van der Waals surface area contributed by atoms with E-state index in [1.807, 2.05) is 0 Å². The summed E-state index contributed by atoms with van der Waals surface area (Å²) >= 11 is 5.72. The van der Waals surface area contributed by atoms with E-state index in [9.17, 15) is 0 Å². The van der Waals surface area contributed by atoms with Crippen LogP contribution in [0.25, 0.3) is 0 Å². The molecule has 3 heteroatoms. The number of nitrogens with zero attached hydrogens (tertiary/aromatic N) is 1. The van der Waals surface area contributed by atoms with Crippen molar-refractivity contribution in [3.05, 3.63) is 29.3 Å². The lowest BCUT2D eigenvalue weighted by Gasteiger charge is -2.50. The first-order chi connectivity index (χ1) is 11.3. The van der Waals surface area contributed by atoms with Gasteiger partial charge in [-0.25, -0.2) is 0 Å². The van der Waals surface area contributed by atoms with E-state index in [-0.39, 0.29) is 0 Å². The molecule has 1 aromatic carbocycles. The molecule has 3 rings (SSSR count). The molecule has 1 spiro atoms. The topological polar surface area (TPSA) is 12.5 Å². The quantitative estimate of drug-likeness (QED) is 0.546. The molecular weight excluding hydrogens is 306 g/mol. The summed E-state index contributed by atoms with van der Waals surface area (Å²) in [5.74, 6) is 1.68. The van der Waals surface area contributed by atoms with Gasteiger partial charge in [-0.1, -0.05) is 19.4 Å². The number of benzene rings is 1. The van der Waals surface area contributed by atoms with E-state index in [4.69, 9.17) is 16.3 Å². The average molecular weight is 336 g/mol. The molecule has 1 aliphatic heterocycles. The summed E-state index contributed by atoms with van der Waals surface area (Å²) in [6.45, 7) is 5.58. The summed E-state index contributed by atoms with van der Waals surface area (Å²) in [4.78, 5) is 2.80. The molecule has 1 heterocycles. The van der Waals surface area contributed by atoms with Gasteiger partial charge in [0.05, 0.1) is 6.61 Å². The molecule has 128 valence electrons. The highest BCUT2D eigenvalue weighted by atomic mass is 35.5. The molecule has 2 nitrogen and oxygen atoms in total. The number of halogens is 1. The van der Waals surface area contributed by atoms with E-state index in [2.05, 4.69) is 30.0 Å². The molecule has 1 saturated heterocycles. The zero-order chi connectivity index (χ0) is 16.1. The standard InChI is InChI=1S/C20H30ClNO/c1-2-12-22-13-4-3-9-20(22)10-8-17-15-19(23-14-5-11-21)7-6-18(17)16-20/h6-7,15H,2-5,8-14,16H2,1H3. The van der Waals surface area contributed by atoms with Crippen LogP contribution in [0, 0.1) is 0 Å². The van der Waals surface area contributed by atoms with Crippen LogP contribution in [0.2, 0.25) is 0 Å². The van der Waals surface area contributed by atoms with Crippen molar-refractivity contribution in [2.45, 2.75) is 63.8 Å². The second-order valence-corrected chi connectivity index (χ2v) is 7.54. The van der Waals surface area contributed by atoms with Gasteiger partial charge in [-0.15, -0.1) is 11.6 Å². The van der Waals surface area contributed by atoms with Crippen LogP contribution in [0.4, 0.5) is 0 Å². The van der Waals surface area contributed by atoms with Gasteiger partial charge >= 0.3 is 0 Å². The maximum atomic E-state index is 5.81. The highest BCUT2D eigenvalue weighted by Gasteiger charge is 2.40. The van der Waals surface area contributed by atoms with E-state index in [0.717, 1.165) is 18.8 Å². The van der Waals surface area contributed by atoms with Crippen LogP contribution in [0.1, 0.15) is 56.6 Å². The smallest absolute Gasteiger partial charge is 0.119 e. The zero-order valence-electron chi connectivity index (χ0n) is 14.5. The Bertz CT molecular complexity index is 516. The van der Waals surface area contributed by atoms with Crippen LogP contribution in [-0.4, -0.2) is 36.0 Å². The summed E-state index contributed by atoms with van der Waals surface area (Å²) in [6, 6.07) is 6.73.